The van der Waals surface area contributed by atoms with Crippen LogP contribution in [-0.4, -0.2) is 21.2 Å². The van der Waals surface area contributed by atoms with Crippen molar-refractivity contribution >= 4 is 5.97 Å². The normalized spacial score (nSPS) is 17.0. The number of ether oxygens (including phenoxy) is 1. The molecule has 1 atom stereocenters. The Morgan fingerprint density at radius 1 is 1.52 bits per heavy atom. The highest BCUT2D eigenvalue weighted by atomic mass is 16.5. The average Bonchev–Trinajstić information content (AvgIpc) is 3.06. The summed E-state index contributed by atoms with van der Waals surface area (Å²) in [6.07, 6.45) is 4.05. The third-order valence-corrected chi connectivity index (χ3v) is 3.62. The number of aromatic nitrogens is 3. The van der Waals surface area contributed by atoms with E-state index in [0.717, 1.165) is 36.2 Å². The fourth-order valence-electron chi connectivity index (χ4n) is 2.69. The van der Waals surface area contributed by atoms with E-state index in [1.165, 1.54) is 0 Å². The molecule has 0 saturated carbocycles. The van der Waals surface area contributed by atoms with E-state index in [0.29, 0.717) is 11.6 Å². The van der Waals surface area contributed by atoms with E-state index in [1.54, 1.807) is 12.3 Å². The van der Waals surface area contributed by atoms with E-state index in [2.05, 4.69) is 29.0 Å². The van der Waals surface area contributed by atoms with Gasteiger partial charge in [-0.2, -0.15) is 5.10 Å². The molecule has 1 aliphatic carbocycles. The molecular formula is C16H19N3O2. The Bertz CT molecular complexity index is 648. The van der Waals surface area contributed by atoms with E-state index >= 15 is 0 Å². The second kappa shape index (κ2) is 5.68. The molecule has 1 aliphatic rings. The molecule has 0 bridgehead atoms. The van der Waals surface area contributed by atoms with Crippen molar-refractivity contribution in [2.24, 2.45) is 5.92 Å². The van der Waals surface area contributed by atoms with Crippen LogP contribution in [-0.2, 0) is 17.6 Å². The van der Waals surface area contributed by atoms with Crippen LogP contribution >= 0.6 is 0 Å². The molecule has 5 nitrogen and oxygen atoms in total. The van der Waals surface area contributed by atoms with Crippen molar-refractivity contribution in [3.8, 4) is 0 Å². The predicted molar refractivity (Wildman–Crippen MR) is 77.8 cm³/mol. The average molecular weight is 285 g/mol. The number of pyridine rings is 1. The molecule has 1 N–H and O–H groups in total. The smallest absolute Gasteiger partial charge is 0.359 e. The molecule has 0 unspecified atom stereocenters. The maximum absolute atomic E-state index is 12.2. The minimum absolute atomic E-state index is 0.251. The highest BCUT2D eigenvalue weighted by Crippen LogP contribution is 2.32. The van der Waals surface area contributed by atoms with Crippen LogP contribution in [0.1, 0.15) is 53.8 Å². The van der Waals surface area contributed by atoms with E-state index < -0.39 is 0 Å². The topological polar surface area (TPSA) is 67.9 Å². The molecule has 0 aliphatic heterocycles. The first-order valence-electron chi connectivity index (χ1n) is 7.32. The lowest BCUT2D eigenvalue weighted by atomic mass is 10.1. The molecule has 3 rings (SSSR count). The minimum Gasteiger partial charge on any atom is -0.451 e. The summed E-state index contributed by atoms with van der Waals surface area (Å²) in [6, 6.07) is 5.72. The van der Waals surface area contributed by atoms with Crippen LogP contribution in [0.4, 0.5) is 0 Å². The SMILES string of the molecule is CC(C)Cc1cc(C(=O)O[C@@H]2CCc3cccnc32)n[nH]1. The number of fused-ring (bicyclic) bond motifs is 1. The Hall–Kier alpha value is -2.17. The molecule has 5 heteroatoms. The van der Waals surface area contributed by atoms with Crippen LogP contribution < -0.4 is 0 Å². The zero-order valence-corrected chi connectivity index (χ0v) is 12.3. The van der Waals surface area contributed by atoms with E-state index in [-0.39, 0.29) is 12.1 Å². The number of carbonyl (C=O) groups excluding carboxylic acids is 1. The number of rotatable bonds is 4. The summed E-state index contributed by atoms with van der Waals surface area (Å²) in [6.45, 7) is 4.25. The summed E-state index contributed by atoms with van der Waals surface area (Å²) in [5.74, 6) is 0.130. The number of hydrogen-bond acceptors (Lipinski definition) is 4. The van der Waals surface area contributed by atoms with Gasteiger partial charge in [-0.3, -0.25) is 10.1 Å². The van der Waals surface area contributed by atoms with Crippen LogP contribution in [0.3, 0.4) is 0 Å². The Morgan fingerprint density at radius 3 is 3.19 bits per heavy atom. The molecule has 0 saturated heterocycles. The van der Waals surface area contributed by atoms with Crippen molar-refractivity contribution in [2.75, 3.05) is 0 Å². The number of aryl methyl sites for hydroxylation is 1. The lowest BCUT2D eigenvalue weighted by Crippen LogP contribution is -2.11. The van der Waals surface area contributed by atoms with Crippen molar-refractivity contribution in [2.45, 2.75) is 39.2 Å². The predicted octanol–water partition coefficient (Wildman–Crippen LogP) is 2.85. The van der Waals surface area contributed by atoms with Gasteiger partial charge in [0.1, 0.15) is 6.10 Å². The number of nitrogens with one attached hydrogen (secondary N) is 1. The third kappa shape index (κ3) is 2.96. The van der Waals surface area contributed by atoms with E-state index in [1.807, 2.05) is 12.1 Å². The maximum atomic E-state index is 12.2. The van der Waals surface area contributed by atoms with Crippen molar-refractivity contribution in [3.05, 3.63) is 47.0 Å². The monoisotopic (exact) mass is 285 g/mol. The molecule has 2 heterocycles. The fraction of sp³-hybridized carbons (Fsp3) is 0.438. The Kier molecular flexibility index (Phi) is 3.73. The van der Waals surface area contributed by atoms with Crippen LogP contribution in [0.15, 0.2) is 24.4 Å². The highest BCUT2D eigenvalue weighted by molar-refractivity contribution is 5.87. The Labute approximate surface area is 123 Å². The Balaban J connectivity index is 1.68. The van der Waals surface area contributed by atoms with Gasteiger partial charge in [0.05, 0.1) is 5.69 Å². The molecule has 0 radical (unpaired) electrons. The molecule has 0 spiro atoms. The van der Waals surface area contributed by atoms with Crippen LogP contribution in [0.5, 0.6) is 0 Å². The first-order valence-corrected chi connectivity index (χ1v) is 7.32. The summed E-state index contributed by atoms with van der Waals surface area (Å²) in [7, 11) is 0. The van der Waals surface area contributed by atoms with E-state index in [4.69, 9.17) is 4.74 Å². The van der Waals surface area contributed by atoms with Crippen molar-refractivity contribution in [1.29, 1.82) is 0 Å². The number of hydrogen-bond donors (Lipinski definition) is 1. The lowest BCUT2D eigenvalue weighted by molar-refractivity contribution is 0.0285. The van der Waals surface area contributed by atoms with Crippen LogP contribution in [0.25, 0.3) is 0 Å². The molecular weight excluding hydrogens is 266 g/mol. The van der Waals surface area contributed by atoms with Crippen molar-refractivity contribution < 1.29 is 9.53 Å². The number of nitrogens with zero attached hydrogens (tertiary/aromatic N) is 2. The molecule has 0 fully saturated rings. The lowest BCUT2D eigenvalue weighted by Gasteiger charge is -2.11. The van der Waals surface area contributed by atoms with Gasteiger partial charge in [0.25, 0.3) is 0 Å². The van der Waals surface area contributed by atoms with Gasteiger partial charge in [-0.15, -0.1) is 0 Å². The number of carbonyl (C=O) groups is 1. The molecule has 0 aromatic carbocycles. The van der Waals surface area contributed by atoms with Gasteiger partial charge in [-0.25, -0.2) is 4.79 Å². The maximum Gasteiger partial charge on any atom is 0.359 e. The minimum atomic E-state index is -0.384. The zero-order chi connectivity index (χ0) is 14.8. The van der Waals surface area contributed by atoms with Gasteiger partial charge in [-0.05, 0) is 42.9 Å². The zero-order valence-electron chi connectivity index (χ0n) is 12.3. The third-order valence-electron chi connectivity index (χ3n) is 3.62. The summed E-state index contributed by atoms with van der Waals surface area (Å²) < 4.78 is 5.56. The van der Waals surface area contributed by atoms with Gasteiger partial charge in [-0.1, -0.05) is 19.9 Å². The summed E-state index contributed by atoms with van der Waals surface area (Å²) in [5.41, 5.74) is 3.35. The standard InChI is InChI=1S/C16H19N3O2/c1-10(2)8-12-9-13(19-18-12)16(20)21-14-6-5-11-4-3-7-17-15(11)14/h3-4,7,9-10,14H,5-6,8H2,1-2H3,(H,18,19)/t14-/m1/s1. The first kappa shape index (κ1) is 13.8. The molecule has 2 aromatic heterocycles. The van der Waals surface area contributed by atoms with Gasteiger partial charge in [0.15, 0.2) is 5.69 Å². The van der Waals surface area contributed by atoms with E-state index in [9.17, 15) is 4.79 Å². The van der Waals surface area contributed by atoms with Gasteiger partial charge < -0.3 is 4.74 Å². The Morgan fingerprint density at radius 2 is 2.38 bits per heavy atom. The quantitative estimate of drug-likeness (QED) is 0.877. The summed E-state index contributed by atoms with van der Waals surface area (Å²) in [4.78, 5) is 16.5. The van der Waals surface area contributed by atoms with Crippen molar-refractivity contribution in [3.63, 3.8) is 0 Å². The highest BCUT2D eigenvalue weighted by Gasteiger charge is 2.28. The second-order valence-electron chi connectivity index (χ2n) is 5.86. The number of esters is 1. The van der Waals surface area contributed by atoms with Gasteiger partial charge in [0, 0.05) is 11.9 Å². The molecule has 0 amide bonds. The van der Waals surface area contributed by atoms with Gasteiger partial charge >= 0.3 is 5.97 Å². The summed E-state index contributed by atoms with van der Waals surface area (Å²) >= 11 is 0. The first-order chi connectivity index (χ1) is 10.1. The van der Waals surface area contributed by atoms with Crippen LogP contribution in [0, 0.1) is 5.92 Å². The van der Waals surface area contributed by atoms with Gasteiger partial charge in [0.2, 0.25) is 0 Å². The van der Waals surface area contributed by atoms with Crippen LogP contribution in [0.2, 0.25) is 0 Å². The molecule has 110 valence electrons. The van der Waals surface area contributed by atoms with Crippen molar-refractivity contribution in [1.82, 2.24) is 15.2 Å². The molecule has 21 heavy (non-hydrogen) atoms. The second-order valence-corrected chi connectivity index (χ2v) is 5.86. The number of H-pyrrole nitrogens is 1. The largest absolute Gasteiger partial charge is 0.451 e. The molecule has 2 aromatic rings. The number of aromatic amines is 1. The summed E-state index contributed by atoms with van der Waals surface area (Å²) in [5, 5.41) is 6.94. The fourth-order valence-corrected chi connectivity index (χ4v) is 2.69.